The molecule has 0 amide bonds. The van der Waals surface area contributed by atoms with Crippen LogP contribution in [-0.4, -0.2) is 68.7 Å². The van der Waals surface area contributed by atoms with Crippen LogP contribution in [0.5, 0.6) is 0 Å². The topological polar surface area (TPSA) is 537 Å². The Morgan fingerprint density at radius 1 is 0.321 bits per heavy atom. The van der Waals surface area contributed by atoms with Gasteiger partial charge in [0.1, 0.15) is 0 Å². The van der Waals surface area contributed by atoms with Gasteiger partial charge >= 0.3 is 28.5 Å². The van der Waals surface area contributed by atoms with Crippen LogP contribution in [0.25, 0.3) is 0 Å². The van der Waals surface area contributed by atoms with E-state index in [1.807, 2.05) is 0 Å². The van der Waals surface area contributed by atoms with Gasteiger partial charge in [-0.25, -0.2) is 21.0 Å². The van der Waals surface area contributed by atoms with Crippen molar-refractivity contribution in [3.63, 3.8) is 0 Å². The van der Waals surface area contributed by atoms with Crippen LogP contribution >= 0.6 is 0 Å². The molecule has 0 aliphatic heterocycles. The van der Waals surface area contributed by atoms with Gasteiger partial charge < -0.3 is 89.4 Å². The number of hydrogen-bond acceptors (Lipinski definition) is 20. The first kappa shape index (κ1) is 83.8. The van der Waals surface area contributed by atoms with Crippen molar-refractivity contribution in [2.24, 2.45) is 0 Å². The second-order valence-electron chi connectivity index (χ2n) is 2.01. The summed E-state index contributed by atoms with van der Waals surface area (Å²) in [7, 11) is -7.24. The third-order valence-corrected chi connectivity index (χ3v) is 0.462. The molecule has 0 saturated carbocycles. The van der Waals surface area contributed by atoms with Crippen molar-refractivity contribution in [3.05, 3.63) is 0 Å². The summed E-state index contributed by atoms with van der Waals surface area (Å²) < 4.78 is 0. The van der Waals surface area contributed by atoms with Crippen LogP contribution in [-0.2, 0) is 0 Å². The number of hydrogen-bond donors (Lipinski definition) is 16. The first-order chi connectivity index (χ1) is 9.08. The molecule has 0 bridgehead atoms. The molecule has 0 atom stereocenters. The minimum atomic E-state index is -1.81. The van der Waals surface area contributed by atoms with Gasteiger partial charge in [-0.05, 0) is 0 Å². The molecule has 0 unspecified atom stereocenters. The summed E-state index contributed by atoms with van der Waals surface area (Å²) >= 11 is 0. The van der Waals surface area contributed by atoms with Crippen molar-refractivity contribution in [1.29, 1.82) is 21.0 Å². The van der Waals surface area contributed by atoms with E-state index in [0.29, 0.717) is 0 Å². The van der Waals surface area contributed by atoms with Crippen molar-refractivity contribution >= 4 is 28.5 Å². The van der Waals surface area contributed by atoms with Crippen molar-refractivity contribution in [3.8, 4) is 23.9 Å². The SMILES string of the molecule is N.N.N.N.N.N.N.N.N#CB(O)O.N#CB(O)O.N#CB(O)O.N#CB(O)O. The average molecular weight is 420 g/mol. The molecule has 0 heterocycles. The molecule has 0 aromatic carbocycles. The Kier molecular flexibility index (Phi) is 222. The van der Waals surface area contributed by atoms with E-state index in [0.717, 1.165) is 23.9 Å². The van der Waals surface area contributed by atoms with Gasteiger partial charge in [-0.1, -0.05) is 0 Å². The molecule has 0 radical (unpaired) electrons. The van der Waals surface area contributed by atoms with Crippen LogP contribution in [0.15, 0.2) is 0 Å². The van der Waals surface area contributed by atoms with Gasteiger partial charge in [0, 0.05) is 0 Å². The van der Waals surface area contributed by atoms with E-state index >= 15 is 0 Å². The summed E-state index contributed by atoms with van der Waals surface area (Å²) in [6.07, 6.45) is 0. The highest BCUT2D eigenvalue weighted by atomic mass is 16.4. The van der Waals surface area contributed by atoms with E-state index in [4.69, 9.17) is 61.2 Å². The van der Waals surface area contributed by atoms with Gasteiger partial charge in [-0.15, -0.1) is 0 Å². The van der Waals surface area contributed by atoms with E-state index < -0.39 is 28.5 Å². The number of rotatable bonds is 0. The summed E-state index contributed by atoms with van der Waals surface area (Å²) in [6.45, 7) is 0. The fourth-order valence-electron chi connectivity index (χ4n) is 0. The number of nitriles is 4. The molecular weight excluding hydrogens is 387 g/mol. The molecule has 0 aliphatic rings. The van der Waals surface area contributed by atoms with Gasteiger partial charge in [0.25, 0.3) is 0 Å². The first-order valence-electron chi connectivity index (χ1n) is 4.11. The second kappa shape index (κ2) is 74.1. The van der Waals surface area contributed by atoms with E-state index in [1.54, 1.807) is 0 Å². The molecule has 28 heavy (non-hydrogen) atoms. The van der Waals surface area contributed by atoms with Crippen LogP contribution in [0, 0.1) is 44.9 Å². The molecule has 0 saturated heterocycles. The molecule has 168 valence electrons. The number of nitrogens with zero attached hydrogens (tertiary/aromatic N) is 4. The van der Waals surface area contributed by atoms with Crippen molar-refractivity contribution in [1.82, 2.24) is 49.2 Å². The molecule has 0 aliphatic carbocycles. The normalized spacial score (nSPS) is 4.14. The van der Waals surface area contributed by atoms with Crippen LogP contribution in [0.3, 0.4) is 0 Å². The fraction of sp³-hybridized carbons (Fsp3) is 0. The third-order valence-electron chi connectivity index (χ3n) is 0.462. The molecule has 24 heteroatoms. The maximum atomic E-state index is 7.56. The lowest BCUT2D eigenvalue weighted by atomic mass is 9.97. The fourth-order valence-corrected chi connectivity index (χ4v) is 0. The predicted molar refractivity (Wildman–Crippen MR) is 103 cm³/mol. The second-order valence-corrected chi connectivity index (χ2v) is 2.01. The summed E-state index contributed by atoms with van der Waals surface area (Å²) in [5.74, 6) is 4.56. The van der Waals surface area contributed by atoms with E-state index in [1.165, 1.54) is 0 Å². The Balaban J connectivity index is -0.0000000111. The Labute approximate surface area is 163 Å². The molecule has 0 aromatic rings. The Morgan fingerprint density at radius 3 is 0.357 bits per heavy atom. The lowest BCUT2D eigenvalue weighted by Crippen LogP contribution is -2.05. The Hall–Kier alpha value is -2.42. The van der Waals surface area contributed by atoms with Crippen molar-refractivity contribution in [2.45, 2.75) is 0 Å². The quantitative estimate of drug-likeness (QED) is 0.164. The highest BCUT2D eigenvalue weighted by Gasteiger charge is 1.99. The van der Waals surface area contributed by atoms with Crippen LogP contribution in [0.1, 0.15) is 0 Å². The molecule has 0 aromatic heterocycles. The van der Waals surface area contributed by atoms with Crippen LogP contribution < -0.4 is 49.2 Å². The monoisotopic (exact) mass is 420 g/mol. The van der Waals surface area contributed by atoms with Crippen molar-refractivity contribution < 1.29 is 40.2 Å². The summed E-state index contributed by atoms with van der Waals surface area (Å²) in [5.41, 5.74) is 0. The summed E-state index contributed by atoms with van der Waals surface area (Å²) in [4.78, 5) is 0. The highest BCUT2D eigenvalue weighted by molar-refractivity contribution is 6.51. The Morgan fingerprint density at radius 2 is 0.357 bits per heavy atom. The maximum absolute atomic E-state index is 7.56. The van der Waals surface area contributed by atoms with Gasteiger partial charge in [-0.3, -0.25) is 0 Å². The highest BCUT2D eigenvalue weighted by Crippen LogP contribution is 1.52. The molecule has 0 fully saturated rings. The van der Waals surface area contributed by atoms with Crippen LogP contribution in [0.4, 0.5) is 0 Å². The van der Waals surface area contributed by atoms with Crippen molar-refractivity contribution in [2.75, 3.05) is 0 Å². The molecule has 20 nitrogen and oxygen atoms in total. The molecule has 0 spiro atoms. The minimum Gasteiger partial charge on any atom is -0.415 e. The first-order valence-corrected chi connectivity index (χ1v) is 4.11. The van der Waals surface area contributed by atoms with Gasteiger partial charge in [-0.2, -0.15) is 0 Å². The van der Waals surface area contributed by atoms with E-state index in [2.05, 4.69) is 0 Å². The van der Waals surface area contributed by atoms with Crippen LogP contribution in [0.2, 0.25) is 0 Å². The van der Waals surface area contributed by atoms with Gasteiger partial charge in [0.05, 0.1) is 23.9 Å². The Bertz CT molecular complexity index is 306. The zero-order valence-electron chi connectivity index (χ0n) is 15.3. The molecular formula is C4H32B4N12O8. The predicted octanol–water partition coefficient (Wildman–Crippen LogP) is -4.62. The summed E-state index contributed by atoms with van der Waals surface area (Å²) in [6, 6.07) is 0. The lowest BCUT2D eigenvalue weighted by Gasteiger charge is -1.67. The largest absolute Gasteiger partial charge is 0.573 e. The average Bonchev–Trinajstić information content (AvgIpc) is 2.40. The lowest BCUT2D eigenvalue weighted by molar-refractivity contribution is 0.425. The minimum absolute atomic E-state index is 0. The standard InChI is InChI=1S/4CH2BNO2.8H3N/c4*3-1-2(4)5;;;;;;;;/h4*4-5H;8*1H3. The van der Waals surface area contributed by atoms with Gasteiger partial charge in [0.2, 0.25) is 0 Å². The zero-order chi connectivity index (χ0) is 17.1. The molecule has 0 rings (SSSR count). The summed E-state index contributed by atoms with van der Waals surface area (Å²) in [5, 5.41) is 90.0. The zero-order valence-corrected chi connectivity index (χ0v) is 15.3. The van der Waals surface area contributed by atoms with E-state index in [-0.39, 0.29) is 49.2 Å². The van der Waals surface area contributed by atoms with Gasteiger partial charge in [0.15, 0.2) is 0 Å². The smallest absolute Gasteiger partial charge is 0.415 e. The molecule has 32 N–H and O–H groups in total. The maximum Gasteiger partial charge on any atom is 0.573 e. The third kappa shape index (κ3) is 386. The van der Waals surface area contributed by atoms with E-state index in [9.17, 15) is 0 Å².